The van der Waals surface area contributed by atoms with Crippen molar-refractivity contribution in [2.75, 3.05) is 0 Å². The van der Waals surface area contributed by atoms with Crippen LogP contribution in [-0.4, -0.2) is 15.8 Å². The van der Waals surface area contributed by atoms with E-state index in [1.807, 2.05) is 73.7 Å². The van der Waals surface area contributed by atoms with E-state index in [0.717, 1.165) is 33.4 Å². The molecule has 2 aromatic carbocycles. The van der Waals surface area contributed by atoms with Gasteiger partial charge in [-0.2, -0.15) is 0 Å². The average molecular weight is 338 g/mol. The predicted octanol–water partition coefficient (Wildman–Crippen LogP) is 5.38. The molecule has 0 fully saturated rings. The molecule has 0 radical (unpaired) electrons. The molecule has 1 aliphatic carbocycles. The Balaban J connectivity index is 0.000000136. The van der Waals surface area contributed by atoms with E-state index in [2.05, 4.69) is 22.1 Å². The standard InChI is InChI=1S/C13H9NO.C10H9N/c15-13-7-3-6-12-10(13)8-9-4-1-2-5-11(9)14-12;1-8-6-7-9-4-2-3-5-10(9)11-8/h1-6,8H,7H2;2-7H,1H3. The van der Waals surface area contributed by atoms with Crippen molar-refractivity contribution >= 4 is 33.7 Å². The number of aryl methyl sites for hydroxylation is 1. The number of para-hydroxylation sites is 2. The number of aromatic nitrogens is 2. The number of pyridine rings is 2. The number of fused-ring (bicyclic) bond motifs is 3. The quantitative estimate of drug-likeness (QED) is 0.432. The molecule has 0 atom stereocenters. The zero-order valence-corrected chi connectivity index (χ0v) is 14.5. The molecule has 3 heteroatoms. The van der Waals surface area contributed by atoms with Crippen LogP contribution in [0.4, 0.5) is 0 Å². The lowest BCUT2D eigenvalue weighted by Gasteiger charge is -2.09. The van der Waals surface area contributed by atoms with Gasteiger partial charge >= 0.3 is 0 Å². The van der Waals surface area contributed by atoms with Gasteiger partial charge in [0.1, 0.15) is 0 Å². The van der Waals surface area contributed by atoms with E-state index >= 15 is 0 Å². The minimum absolute atomic E-state index is 0.158. The van der Waals surface area contributed by atoms with Crippen molar-refractivity contribution in [2.24, 2.45) is 0 Å². The summed E-state index contributed by atoms with van der Waals surface area (Å²) < 4.78 is 0. The second-order valence-electron chi connectivity index (χ2n) is 6.29. The third-order valence-electron chi connectivity index (χ3n) is 4.37. The topological polar surface area (TPSA) is 42.9 Å². The third kappa shape index (κ3) is 3.24. The first kappa shape index (κ1) is 16.2. The molecule has 2 heterocycles. The van der Waals surface area contributed by atoms with Crippen molar-refractivity contribution in [2.45, 2.75) is 13.3 Å². The Morgan fingerprint density at radius 2 is 1.50 bits per heavy atom. The van der Waals surface area contributed by atoms with Crippen LogP contribution in [0.2, 0.25) is 0 Å². The molecule has 0 saturated heterocycles. The number of Topliss-reactive ketones (excluding diaryl/α,β-unsaturated/α-hetero) is 1. The molecule has 5 rings (SSSR count). The molecule has 1 aliphatic rings. The number of hydrogen-bond acceptors (Lipinski definition) is 3. The van der Waals surface area contributed by atoms with E-state index in [-0.39, 0.29) is 5.78 Å². The minimum atomic E-state index is 0.158. The SMILES string of the molecule is Cc1ccc2ccccc2n1.O=C1CC=Cc2nc3ccccc3cc21. The van der Waals surface area contributed by atoms with E-state index in [1.165, 1.54) is 5.39 Å². The van der Waals surface area contributed by atoms with E-state index in [1.54, 1.807) is 0 Å². The van der Waals surface area contributed by atoms with Crippen molar-refractivity contribution in [1.82, 2.24) is 9.97 Å². The fourth-order valence-corrected chi connectivity index (χ4v) is 3.04. The monoisotopic (exact) mass is 338 g/mol. The van der Waals surface area contributed by atoms with Gasteiger partial charge in [-0.3, -0.25) is 9.78 Å². The molecule has 126 valence electrons. The summed E-state index contributed by atoms with van der Waals surface area (Å²) in [5, 5.41) is 2.23. The smallest absolute Gasteiger partial charge is 0.168 e. The van der Waals surface area contributed by atoms with Crippen molar-refractivity contribution in [1.29, 1.82) is 0 Å². The molecular formula is C23H18N2O. The van der Waals surface area contributed by atoms with Crippen LogP contribution in [0.25, 0.3) is 27.9 Å². The van der Waals surface area contributed by atoms with Crippen molar-refractivity contribution in [3.63, 3.8) is 0 Å². The number of ketones is 1. The van der Waals surface area contributed by atoms with Gasteiger partial charge in [0.05, 0.1) is 16.7 Å². The molecule has 0 aliphatic heterocycles. The summed E-state index contributed by atoms with van der Waals surface area (Å²) in [7, 11) is 0. The van der Waals surface area contributed by atoms with Crippen LogP contribution in [0.15, 0.2) is 72.8 Å². The van der Waals surface area contributed by atoms with Gasteiger partial charge < -0.3 is 0 Å². The molecule has 0 N–H and O–H groups in total. The second-order valence-corrected chi connectivity index (χ2v) is 6.29. The minimum Gasteiger partial charge on any atom is -0.294 e. The summed E-state index contributed by atoms with van der Waals surface area (Å²) in [5.74, 6) is 0.158. The number of carbonyl (C=O) groups is 1. The van der Waals surface area contributed by atoms with Gasteiger partial charge in [0.25, 0.3) is 0 Å². The Bertz CT molecular complexity index is 1150. The molecule has 0 unspecified atom stereocenters. The van der Waals surface area contributed by atoms with E-state index < -0.39 is 0 Å². The first-order valence-electron chi connectivity index (χ1n) is 8.63. The summed E-state index contributed by atoms with van der Waals surface area (Å²) in [5.41, 5.74) is 4.63. The van der Waals surface area contributed by atoms with Crippen LogP contribution < -0.4 is 0 Å². The summed E-state index contributed by atoms with van der Waals surface area (Å²) in [6, 6.07) is 22.0. The largest absolute Gasteiger partial charge is 0.294 e. The van der Waals surface area contributed by atoms with Gasteiger partial charge in [-0.05, 0) is 37.3 Å². The van der Waals surface area contributed by atoms with Gasteiger partial charge in [-0.15, -0.1) is 0 Å². The third-order valence-corrected chi connectivity index (χ3v) is 4.37. The van der Waals surface area contributed by atoms with Crippen LogP contribution >= 0.6 is 0 Å². The highest BCUT2D eigenvalue weighted by molar-refractivity contribution is 6.04. The summed E-state index contributed by atoms with van der Waals surface area (Å²) >= 11 is 0. The maximum absolute atomic E-state index is 11.6. The Morgan fingerprint density at radius 3 is 2.31 bits per heavy atom. The fourth-order valence-electron chi connectivity index (χ4n) is 3.04. The molecule has 26 heavy (non-hydrogen) atoms. The van der Waals surface area contributed by atoms with E-state index in [0.29, 0.717) is 6.42 Å². The van der Waals surface area contributed by atoms with Crippen LogP contribution in [0.5, 0.6) is 0 Å². The normalized spacial score (nSPS) is 12.6. The maximum Gasteiger partial charge on any atom is 0.168 e. The van der Waals surface area contributed by atoms with Crippen LogP contribution in [0.1, 0.15) is 28.2 Å². The summed E-state index contributed by atoms with van der Waals surface area (Å²) in [6.07, 6.45) is 4.28. The van der Waals surface area contributed by atoms with Gasteiger partial charge in [0, 0.05) is 28.5 Å². The lowest BCUT2D eigenvalue weighted by atomic mass is 9.99. The number of hydrogen-bond donors (Lipinski definition) is 0. The Hall–Kier alpha value is -3.33. The van der Waals surface area contributed by atoms with Crippen LogP contribution in [0, 0.1) is 6.92 Å². The maximum atomic E-state index is 11.6. The van der Waals surface area contributed by atoms with Gasteiger partial charge in [0.2, 0.25) is 0 Å². The number of nitrogens with zero attached hydrogens (tertiary/aromatic N) is 2. The van der Waals surface area contributed by atoms with Gasteiger partial charge in [0.15, 0.2) is 5.78 Å². The molecule has 3 nitrogen and oxygen atoms in total. The first-order chi connectivity index (χ1) is 12.7. The summed E-state index contributed by atoms with van der Waals surface area (Å²) in [6.45, 7) is 2.01. The van der Waals surface area contributed by atoms with Crippen LogP contribution in [-0.2, 0) is 0 Å². The molecule has 0 saturated carbocycles. The molecule has 0 spiro atoms. The molecule has 0 amide bonds. The zero-order chi connectivity index (χ0) is 17.9. The average Bonchev–Trinajstić information content (AvgIpc) is 2.67. The number of allylic oxidation sites excluding steroid dienone is 1. The lowest BCUT2D eigenvalue weighted by Crippen LogP contribution is -2.06. The highest BCUT2D eigenvalue weighted by atomic mass is 16.1. The molecule has 2 aromatic heterocycles. The highest BCUT2D eigenvalue weighted by Gasteiger charge is 2.14. The number of benzene rings is 2. The van der Waals surface area contributed by atoms with Crippen molar-refractivity contribution in [3.8, 4) is 0 Å². The van der Waals surface area contributed by atoms with E-state index in [9.17, 15) is 4.79 Å². The zero-order valence-electron chi connectivity index (χ0n) is 14.5. The molecular weight excluding hydrogens is 320 g/mol. The summed E-state index contributed by atoms with van der Waals surface area (Å²) in [4.78, 5) is 20.5. The van der Waals surface area contributed by atoms with Gasteiger partial charge in [-0.25, -0.2) is 4.98 Å². The number of rotatable bonds is 0. The highest BCUT2D eigenvalue weighted by Crippen LogP contribution is 2.22. The van der Waals surface area contributed by atoms with Crippen molar-refractivity contribution in [3.05, 3.63) is 89.8 Å². The predicted molar refractivity (Wildman–Crippen MR) is 106 cm³/mol. The first-order valence-corrected chi connectivity index (χ1v) is 8.63. The van der Waals surface area contributed by atoms with Crippen molar-refractivity contribution < 1.29 is 4.79 Å². The number of carbonyl (C=O) groups excluding carboxylic acids is 1. The molecule has 4 aromatic rings. The Labute approximate surface area is 152 Å². The second kappa shape index (κ2) is 6.89. The Morgan fingerprint density at radius 1 is 0.808 bits per heavy atom. The van der Waals surface area contributed by atoms with E-state index in [4.69, 9.17) is 0 Å². The lowest BCUT2D eigenvalue weighted by molar-refractivity contribution is 0.0994. The molecule has 0 bridgehead atoms. The van der Waals surface area contributed by atoms with Gasteiger partial charge in [-0.1, -0.05) is 48.5 Å². The Kier molecular flexibility index (Phi) is 4.28. The fraction of sp³-hybridized carbons (Fsp3) is 0.0870. The van der Waals surface area contributed by atoms with Crippen LogP contribution in [0.3, 0.4) is 0 Å².